The number of hydrogen-bond donors (Lipinski definition) is 1. The molecule has 0 saturated heterocycles. The van der Waals surface area contributed by atoms with Crippen molar-refractivity contribution in [3.05, 3.63) is 72.3 Å². The zero-order valence-corrected chi connectivity index (χ0v) is 12.1. The van der Waals surface area contributed by atoms with Crippen LogP contribution in [0.25, 0.3) is 5.57 Å². The van der Waals surface area contributed by atoms with Crippen LogP contribution in [0.5, 0.6) is 5.75 Å². The summed E-state index contributed by atoms with van der Waals surface area (Å²) in [5.41, 5.74) is 2.70. The van der Waals surface area contributed by atoms with Crippen LogP contribution in [-0.2, 0) is 11.3 Å². The van der Waals surface area contributed by atoms with E-state index in [4.69, 9.17) is 9.47 Å². The maximum absolute atomic E-state index is 11.9. The fraction of sp³-hybridized carbons (Fsp3) is 0.167. The summed E-state index contributed by atoms with van der Waals surface area (Å²) in [7, 11) is 0. The third-order valence-corrected chi connectivity index (χ3v) is 3.56. The van der Waals surface area contributed by atoms with Gasteiger partial charge in [0, 0.05) is 5.56 Å². The largest absolute Gasteiger partial charge is 0.490 e. The molecule has 1 heterocycles. The van der Waals surface area contributed by atoms with Gasteiger partial charge < -0.3 is 14.8 Å². The van der Waals surface area contributed by atoms with Crippen molar-refractivity contribution in [3.63, 3.8) is 0 Å². The summed E-state index contributed by atoms with van der Waals surface area (Å²) in [5.74, 6) is 0.795. The van der Waals surface area contributed by atoms with Gasteiger partial charge in [-0.2, -0.15) is 0 Å². The second-order valence-electron chi connectivity index (χ2n) is 5.09. The smallest absolute Gasteiger partial charge is 0.408 e. The van der Waals surface area contributed by atoms with Crippen LogP contribution in [0.3, 0.4) is 0 Å². The van der Waals surface area contributed by atoms with E-state index in [9.17, 15) is 4.79 Å². The van der Waals surface area contributed by atoms with E-state index in [1.807, 2.05) is 54.6 Å². The molecule has 1 amide bonds. The molecule has 0 saturated carbocycles. The van der Waals surface area contributed by atoms with E-state index in [1.165, 1.54) is 0 Å². The first kappa shape index (κ1) is 14.2. The molecule has 1 atom stereocenters. The summed E-state index contributed by atoms with van der Waals surface area (Å²) in [4.78, 5) is 11.9. The maximum Gasteiger partial charge on any atom is 0.408 e. The molecule has 0 spiro atoms. The van der Waals surface area contributed by atoms with Gasteiger partial charge in [-0.1, -0.05) is 55.1 Å². The monoisotopic (exact) mass is 295 g/mol. The highest BCUT2D eigenvalue weighted by molar-refractivity contribution is 5.78. The highest BCUT2D eigenvalue weighted by Crippen LogP contribution is 2.31. The molecule has 3 rings (SSSR count). The molecule has 4 heteroatoms. The van der Waals surface area contributed by atoms with E-state index in [0.717, 1.165) is 22.4 Å². The van der Waals surface area contributed by atoms with E-state index in [0.29, 0.717) is 6.61 Å². The summed E-state index contributed by atoms with van der Waals surface area (Å²) < 4.78 is 10.9. The van der Waals surface area contributed by atoms with Crippen LogP contribution >= 0.6 is 0 Å². The van der Waals surface area contributed by atoms with Gasteiger partial charge in [0.15, 0.2) is 0 Å². The van der Waals surface area contributed by atoms with E-state index >= 15 is 0 Å². The molecule has 22 heavy (non-hydrogen) atoms. The number of carbonyl (C=O) groups is 1. The molecule has 0 fully saturated rings. The fourth-order valence-corrected chi connectivity index (χ4v) is 2.36. The number of carbonyl (C=O) groups excluding carboxylic acids is 1. The van der Waals surface area contributed by atoms with E-state index in [2.05, 4.69) is 11.9 Å². The number of nitrogens with one attached hydrogen (secondary N) is 1. The number of hydrogen-bond acceptors (Lipinski definition) is 3. The zero-order valence-electron chi connectivity index (χ0n) is 12.1. The highest BCUT2D eigenvalue weighted by atomic mass is 16.5. The molecule has 0 radical (unpaired) electrons. The Kier molecular flexibility index (Phi) is 4.10. The Morgan fingerprint density at radius 2 is 1.91 bits per heavy atom. The summed E-state index contributed by atoms with van der Waals surface area (Å²) in [6.07, 6.45) is -0.474. The minimum Gasteiger partial charge on any atom is -0.490 e. The fourth-order valence-electron chi connectivity index (χ4n) is 2.36. The molecule has 1 unspecified atom stereocenters. The van der Waals surface area contributed by atoms with Crippen molar-refractivity contribution in [1.82, 2.24) is 5.32 Å². The summed E-state index contributed by atoms with van der Waals surface area (Å²) in [6.45, 7) is 4.65. The number of fused-ring (bicyclic) bond motifs is 1. The topological polar surface area (TPSA) is 47.6 Å². The third-order valence-electron chi connectivity index (χ3n) is 3.56. The molecule has 1 aliphatic rings. The molecule has 2 aromatic rings. The molecule has 0 aromatic heterocycles. The minimum atomic E-state index is -0.474. The Bertz CT molecular complexity index is 682. The molecule has 4 nitrogen and oxygen atoms in total. The highest BCUT2D eigenvalue weighted by Gasteiger charge is 2.25. The summed E-state index contributed by atoms with van der Waals surface area (Å²) >= 11 is 0. The Morgan fingerprint density at radius 3 is 2.73 bits per heavy atom. The quantitative estimate of drug-likeness (QED) is 0.944. The van der Waals surface area contributed by atoms with E-state index < -0.39 is 6.09 Å². The van der Waals surface area contributed by atoms with Crippen LogP contribution in [-0.4, -0.2) is 18.7 Å². The number of alkyl carbamates (subject to hydrolysis) is 1. The van der Waals surface area contributed by atoms with Gasteiger partial charge in [-0.25, -0.2) is 4.79 Å². The minimum absolute atomic E-state index is 0.239. The predicted octanol–water partition coefficient (Wildman–Crippen LogP) is 3.39. The molecule has 0 aliphatic carbocycles. The van der Waals surface area contributed by atoms with Crippen LogP contribution in [0.2, 0.25) is 0 Å². The Balaban J connectivity index is 1.57. The van der Waals surface area contributed by atoms with Gasteiger partial charge in [0.2, 0.25) is 0 Å². The average molecular weight is 295 g/mol. The number of para-hydroxylation sites is 1. The Morgan fingerprint density at radius 1 is 1.18 bits per heavy atom. The lowest BCUT2D eigenvalue weighted by Gasteiger charge is -2.27. The molecule has 2 aromatic carbocycles. The molecule has 112 valence electrons. The number of ether oxygens (including phenoxy) is 2. The number of amides is 1. The van der Waals surface area contributed by atoms with Crippen LogP contribution in [0.4, 0.5) is 4.79 Å². The van der Waals surface area contributed by atoms with Crippen molar-refractivity contribution in [3.8, 4) is 5.75 Å². The van der Waals surface area contributed by atoms with Gasteiger partial charge in [0.1, 0.15) is 19.0 Å². The molecule has 0 bridgehead atoms. The van der Waals surface area contributed by atoms with Gasteiger partial charge in [-0.15, -0.1) is 0 Å². The van der Waals surface area contributed by atoms with Crippen LogP contribution < -0.4 is 10.1 Å². The van der Waals surface area contributed by atoms with Crippen LogP contribution in [0.1, 0.15) is 11.1 Å². The van der Waals surface area contributed by atoms with Crippen molar-refractivity contribution in [2.45, 2.75) is 12.6 Å². The average Bonchev–Trinajstić information content (AvgIpc) is 2.57. The lowest BCUT2D eigenvalue weighted by Crippen LogP contribution is -2.41. The van der Waals surface area contributed by atoms with E-state index in [-0.39, 0.29) is 12.6 Å². The Hall–Kier alpha value is -2.75. The first-order chi connectivity index (χ1) is 10.7. The first-order valence-corrected chi connectivity index (χ1v) is 7.12. The SMILES string of the molecule is C=C1c2ccccc2OCC1NC(=O)OCc1ccccc1. The maximum atomic E-state index is 11.9. The summed E-state index contributed by atoms with van der Waals surface area (Å²) in [6, 6.07) is 16.9. The molecule has 1 N–H and O–H groups in total. The van der Waals surface area contributed by atoms with Crippen LogP contribution in [0.15, 0.2) is 61.2 Å². The van der Waals surface area contributed by atoms with E-state index in [1.54, 1.807) is 0 Å². The lowest BCUT2D eigenvalue weighted by atomic mass is 9.97. The van der Waals surface area contributed by atoms with Gasteiger partial charge in [-0.3, -0.25) is 0 Å². The lowest BCUT2D eigenvalue weighted by molar-refractivity contribution is 0.134. The second kappa shape index (κ2) is 6.35. The molecular formula is C18H17NO3. The van der Waals surface area contributed by atoms with Crippen molar-refractivity contribution in [2.75, 3.05) is 6.61 Å². The Labute approximate surface area is 129 Å². The molecular weight excluding hydrogens is 278 g/mol. The zero-order chi connectivity index (χ0) is 15.4. The third kappa shape index (κ3) is 3.11. The first-order valence-electron chi connectivity index (χ1n) is 7.12. The molecule has 1 aliphatic heterocycles. The summed E-state index contributed by atoms with van der Waals surface area (Å²) in [5, 5.41) is 2.79. The van der Waals surface area contributed by atoms with Crippen molar-refractivity contribution >= 4 is 11.7 Å². The van der Waals surface area contributed by atoms with Gasteiger partial charge in [0.05, 0.1) is 6.04 Å². The van der Waals surface area contributed by atoms with Crippen molar-refractivity contribution in [1.29, 1.82) is 0 Å². The number of benzene rings is 2. The van der Waals surface area contributed by atoms with Gasteiger partial charge >= 0.3 is 6.09 Å². The van der Waals surface area contributed by atoms with Gasteiger partial charge in [0.25, 0.3) is 0 Å². The number of rotatable bonds is 3. The van der Waals surface area contributed by atoms with Gasteiger partial charge in [-0.05, 0) is 17.2 Å². The predicted molar refractivity (Wildman–Crippen MR) is 84.5 cm³/mol. The van der Waals surface area contributed by atoms with Crippen LogP contribution in [0, 0.1) is 0 Å². The van der Waals surface area contributed by atoms with Crippen molar-refractivity contribution in [2.24, 2.45) is 0 Å². The second-order valence-corrected chi connectivity index (χ2v) is 5.09. The van der Waals surface area contributed by atoms with Crippen molar-refractivity contribution < 1.29 is 14.3 Å². The normalized spacial score (nSPS) is 16.4. The standard InChI is InChI=1S/C18H17NO3/c1-13-15-9-5-6-10-17(15)21-12-16(13)19-18(20)22-11-14-7-3-2-4-8-14/h2-10,16H,1,11-12H2,(H,19,20).